The molecule has 0 aliphatic carbocycles. The zero-order chi connectivity index (χ0) is 23.1. The highest BCUT2D eigenvalue weighted by Crippen LogP contribution is 2.14. The summed E-state index contributed by atoms with van der Waals surface area (Å²) in [4.78, 5) is 36.0. The summed E-state index contributed by atoms with van der Waals surface area (Å²) in [5.74, 6) is -1.82. The average Bonchev–Trinajstić information content (AvgIpc) is 3.22. The van der Waals surface area contributed by atoms with E-state index in [9.17, 15) is 18.8 Å². The highest BCUT2D eigenvalue weighted by Gasteiger charge is 2.14. The minimum Gasteiger partial charge on any atom is -0.458 e. The summed E-state index contributed by atoms with van der Waals surface area (Å²) in [6, 6.07) is 13.6. The molecule has 0 unspecified atom stereocenters. The predicted molar refractivity (Wildman–Crippen MR) is 117 cm³/mol. The van der Waals surface area contributed by atoms with Gasteiger partial charge in [0.15, 0.2) is 0 Å². The van der Waals surface area contributed by atoms with Gasteiger partial charge in [-0.05, 0) is 73.5 Å². The van der Waals surface area contributed by atoms with Crippen molar-refractivity contribution in [2.45, 2.75) is 20.4 Å². The van der Waals surface area contributed by atoms with Gasteiger partial charge in [-0.15, -0.1) is 0 Å². The third-order valence-electron chi connectivity index (χ3n) is 4.54. The van der Waals surface area contributed by atoms with Gasteiger partial charge in [0, 0.05) is 11.3 Å². The average molecular weight is 436 g/mol. The maximum absolute atomic E-state index is 12.9. The minimum atomic E-state index is -0.804. The van der Waals surface area contributed by atoms with Gasteiger partial charge in [-0.2, -0.15) is 5.10 Å². The quantitative estimate of drug-likeness (QED) is 0.313. The topological polar surface area (TPSA) is 113 Å². The van der Waals surface area contributed by atoms with Crippen molar-refractivity contribution in [3.63, 3.8) is 0 Å². The molecular weight excluding hydrogens is 415 g/mol. The van der Waals surface area contributed by atoms with Crippen LogP contribution in [0.15, 0.2) is 64.1 Å². The number of carbonyl (C=O) groups is 3. The molecule has 0 aliphatic heterocycles. The first kappa shape index (κ1) is 22.4. The Bertz CT molecular complexity index is 1170. The smallest absolute Gasteiger partial charge is 0.313 e. The number of aryl methyl sites for hydroxylation is 2. The molecule has 1 aromatic heterocycles. The SMILES string of the molecule is Cc1ccc(NC(=O)C(=O)NCc2ccc(/C=N\NC(=O)c3ccc(F)cc3)o2)cc1C. The van der Waals surface area contributed by atoms with E-state index in [2.05, 4.69) is 21.2 Å². The van der Waals surface area contributed by atoms with Crippen molar-refractivity contribution in [1.29, 1.82) is 0 Å². The van der Waals surface area contributed by atoms with Crippen molar-refractivity contribution in [3.8, 4) is 0 Å². The molecule has 0 spiro atoms. The molecule has 3 aromatic rings. The Balaban J connectivity index is 1.46. The Morgan fingerprint density at radius 1 is 0.969 bits per heavy atom. The summed E-state index contributed by atoms with van der Waals surface area (Å²) >= 11 is 0. The molecule has 0 atom stereocenters. The second-order valence-electron chi connectivity index (χ2n) is 6.95. The van der Waals surface area contributed by atoms with Crippen molar-refractivity contribution in [1.82, 2.24) is 10.7 Å². The molecule has 1 heterocycles. The third kappa shape index (κ3) is 6.11. The number of nitrogens with one attached hydrogen (secondary N) is 3. The molecule has 9 heteroatoms. The lowest BCUT2D eigenvalue weighted by molar-refractivity contribution is -0.136. The van der Waals surface area contributed by atoms with Crippen LogP contribution in [0.4, 0.5) is 10.1 Å². The first-order chi connectivity index (χ1) is 15.3. The van der Waals surface area contributed by atoms with Crippen LogP contribution in [0, 0.1) is 19.7 Å². The fraction of sp³-hybridized carbons (Fsp3) is 0.130. The number of carbonyl (C=O) groups excluding carboxylic acids is 3. The summed E-state index contributed by atoms with van der Waals surface area (Å²) in [7, 11) is 0. The minimum absolute atomic E-state index is 0.00500. The number of amides is 3. The van der Waals surface area contributed by atoms with Gasteiger partial charge < -0.3 is 15.1 Å². The van der Waals surface area contributed by atoms with Crippen LogP contribution in [0.5, 0.6) is 0 Å². The van der Waals surface area contributed by atoms with Crippen LogP contribution in [0.25, 0.3) is 0 Å². The fourth-order valence-electron chi connectivity index (χ4n) is 2.63. The molecule has 0 saturated carbocycles. The molecule has 0 saturated heterocycles. The van der Waals surface area contributed by atoms with Gasteiger partial charge >= 0.3 is 11.8 Å². The van der Waals surface area contributed by atoms with Crippen molar-refractivity contribution >= 4 is 29.6 Å². The number of halogens is 1. The molecule has 3 amide bonds. The number of benzene rings is 2. The van der Waals surface area contributed by atoms with Crippen molar-refractivity contribution in [2.24, 2.45) is 5.10 Å². The molecular formula is C23H21FN4O4. The maximum Gasteiger partial charge on any atom is 0.313 e. The zero-order valence-corrected chi connectivity index (χ0v) is 17.4. The summed E-state index contributed by atoms with van der Waals surface area (Å²) in [5.41, 5.74) is 5.17. The van der Waals surface area contributed by atoms with E-state index in [0.717, 1.165) is 11.1 Å². The molecule has 0 aliphatic rings. The lowest BCUT2D eigenvalue weighted by atomic mass is 10.1. The summed E-state index contributed by atoms with van der Waals surface area (Å²) < 4.78 is 18.4. The maximum atomic E-state index is 12.9. The molecule has 0 bridgehead atoms. The van der Waals surface area contributed by atoms with Gasteiger partial charge in [0.25, 0.3) is 5.91 Å². The van der Waals surface area contributed by atoms with E-state index in [-0.39, 0.29) is 12.1 Å². The van der Waals surface area contributed by atoms with Crippen LogP contribution in [-0.2, 0) is 16.1 Å². The Morgan fingerprint density at radius 3 is 2.44 bits per heavy atom. The van der Waals surface area contributed by atoms with E-state index in [1.54, 1.807) is 24.3 Å². The van der Waals surface area contributed by atoms with E-state index < -0.39 is 23.5 Å². The largest absolute Gasteiger partial charge is 0.458 e. The lowest BCUT2D eigenvalue weighted by Crippen LogP contribution is -2.34. The highest BCUT2D eigenvalue weighted by atomic mass is 19.1. The van der Waals surface area contributed by atoms with E-state index in [1.165, 1.54) is 30.5 Å². The number of hydrogen-bond acceptors (Lipinski definition) is 5. The number of furan rings is 1. The first-order valence-electron chi connectivity index (χ1n) is 9.66. The number of hydrogen-bond donors (Lipinski definition) is 3. The number of hydrazone groups is 1. The molecule has 0 fully saturated rings. The van der Waals surface area contributed by atoms with E-state index in [1.807, 2.05) is 19.9 Å². The third-order valence-corrected chi connectivity index (χ3v) is 4.54. The fourth-order valence-corrected chi connectivity index (χ4v) is 2.63. The number of anilines is 1. The van der Waals surface area contributed by atoms with Gasteiger partial charge in [0.1, 0.15) is 17.3 Å². The molecule has 3 N–H and O–H groups in total. The zero-order valence-electron chi connectivity index (χ0n) is 17.4. The van der Waals surface area contributed by atoms with Crippen LogP contribution < -0.4 is 16.1 Å². The molecule has 164 valence electrons. The van der Waals surface area contributed by atoms with Crippen LogP contribution >= 0.6 is 0 Å². The summed E-state index contributed by atoms with van der Waals surface area (Å²) in [6.45, 7) is 3.86. The summed E-state index contributed by atoms with van der Waals surface area (Å²) in [5, 5.41) is 8.79. The van der Waals surface area contributed by atoms with E-state index in [4.69, 9.17) is 4.42 Å². The Hall–Kier alpha value is -4.27. The van der Waals surface area contributed by atoms with Gasteiger partial charge in [0.2, 0.25) is 0 Å². The second-order valence-corrected chi connectivity index (χ2v) is 6.95. The molecule has 3 rings (SSSR count). The van der Waals surface area contributed by atoms with Crippen molar-refractivity contribution in [3.05, 3.63) is 88.6 Å². The monoisotopic (exact) mass is 436 g/mol. The number of nitrogens with zero attached hydrogens (tertiary/aromatic N) is 1. The highest BCUT2D eigenvalue weighted by molar-refractivity contribution is 6.39. The Morgan fingerprint density at radius 2 is 1.72 bits per heavy atom. The van der Waals surface area contributed by atoms with Crippen LogP contribution in [0.1, 0.15) is 33.0 Å². The van der Waals surface area contributed by atoms with Gasteiger partial charge in [-0.3, -0.25) is 14.4 Å². The Kier molecular flexibility index (Phi) is 7.12. The van der Waals surface area contributed by atoms with E-state index in [0.29, 0.717) is 17.2 Å². The molecule has 32 heavy (non-hydrogen) atoms. The molecule has 8 nitrogen and oxygen atoms in total. The van der Waals surface area contributed by atoms with Gasteiger partial charge in [-0.1, -0.05) is 6.07 Å². The van der Waals surface area contributed by atoms with Crippen molar-refractivity contribution in [2.75, 3.05) is 5.32 Å². The van der Waals surface area contributed by atoms with Gasteiger partial charge in [0.05, 0.1) is 12.8 Å². The predicted octanol–water partition coefficient (Wildman–Crippen LogP) is 3.05. The Labute approximate surface area is 183 Å². The van der Waals surface area contributed by atoms with E-state index >= 15 is 0 Å². The molecule has 2 aromatic carbocycles. The second kappa shape index (κ2) is 10.2. The van der Waals surface area contributed by atoms with Crippen LogP contribution in [0.2, 0.25) is 0 Å². The molecule has 0 radical (unpaired) electrons. The summed E-state index contributed by atoms with van der Waals surface area (Å²) in [6.07, 6.45) is 1.28. The number of rotatable bonds is 6. The lowest BCUT2D eigenvalue weighted by Gasteiger charge is -2.07. The normalized spacial score (nSPS) is 10.7. The van der Waals surface area contributed by atoms with Crippen LogP contribution in [-0.4, -0.2) is 23.9 Å². The van der Waals surface area contributed by atoms with Crippen molar-refractivity contribution < 1.29 is 23.2 Å². The van der Waals surface area contributed by atoms with Crippen LogP contribution in [0.3, 0.4) is 0 Å². The standard InChI is InChI=1S/C23H21FN4O4/c1-14-3-8-18(11-15(14)2)27-23(31)22(30)25-12-19-9-10-20(32-19)13-26-28-21(29)16-4-6-17(24)7-5-16/h3-11,13H,12H2,1-2H3,(H,25,30)(H,27,31)(H,28,29)/b26-13-. The van der Waals surface area contributed by atoms with Gasteiger partial charge in [-0.25, -0.2) is 9.82 Å². The first-order valence-corrected chi connectivity index (χ1v) is 9.66.